The standard InChI is InChI=1S/C19H30N2O4S/c1-5-20(6-2)18-11-10-17(19(12-18)25-26(23,24)7-3)14-21(15(4)22)13-16-8-9-16/h10-12,16H,5-9,13-14H2,1-4H3. The largest absolute Gasteiger partial charge is 0.382 e. The fraction of sp³-hybridized carbons (Fsp3) is 0.632. The molecule has 0 bridgehead atoms. The van der Waals surface area contributed by atoms with Crippen LogP contribution in [0.4, 0.5) is 5.69 Å². The lowest BCUT2D eigenvalue weighted by Crippen LogP contribution is -2.30. The van der Waals surface area contributed by atoms with E-state index in [1.165, 1.54) is 0 Å². The lowest BCUT2D eigenvalue weighted by molar-refractivity contribution is -0.129. The normalized spacial score (nSPS) is 14.2. The molecule has 1 aromatic carbocycles. The second kappa shape index (κ2) is 8.75. The summed E-state index contributed by atoms with van der Waals surface area (Å²) in [5.41, 5.74) is 1.63. The Balaban J connectivity index is 2.34. The minimum atomic E-state index is -3.64. The molecule has 0 heterocycles. The van der Waals surface area contributed by atoms with Gasteiger partial charge in [-0.15, -0.1) is 0 Å². The molecule has 7 heteroatoms. The fourth-order valence-corrected chi connectivity index (χ4v) is 3.40. The first kappa shape index (κ1) is 20.6. The Morgan fingerprint density at radius 3 is 2.35 bits per heavy atom. The van der Waals surface area contributed by atoms with Crippen molar-refractivity contribution in [2.24, 2.45) is 5.92 Å². The van der Waals surface area contributed by atoms with Crippen molar-refractivity contribution >= 4 is 21.7 Å². The number of carbonyl (C=O) groups excluding carboxylic acids is 1. The van der Waals surface area contributed by atoms with E-state index in [9.17, 15) is 13.2 Å². The Morgan fingerprint density at radius 1 is 1.19 bits per heavy atom. The third kappa shape index (κ3) is 5.62. The van der Waals surface area contributed by atoms with E-state index in [1.807, 2.05) is 26.0 Å². The number of amides is 1. The van der Waals surface area contributed by atoms with Gasteiger partial charge in [0.15, 0.2) is 0 Å². The number of rotatable bonds is 10. The SMILES string of the molecule is CCN(CC)c1ccc(CN(CC2CC2)C(C)=O)c(OS(=O)(=O)CC)c1. The summed E-state index contributed by atoms with van der Waals surface area (Å²) >= 11 is 0. The highest BCUT2D eigenvalue weighted by Crippen LogP contribution is 2.32. The summed E-state index contributed by atoms with van der Waals surface area (Å²) in [5, 5.41) is 0. The van der Waals surface area contributed by atoms with Gasteiger partial charge in [0.05, 0.1) is 5.75 Å². The smallest absolute Gasteiger partial charge is 0.308 e. The molecule has 26 heavy (non-hydrogen) atoms. The second-order valence-electron chi connectivity index (χ2n) is 6.74. The van der Waals surface area contributed by atoms with Crippen LogP contribution in [0.25, 0.3) is 0 Å². The third-order valence-electron chi connectivity index (χ3n) is 4.73. The van der Waals surface area contributed by atoms with Crippen LogP contribution in [0.1, 0.15) is 46.1 Å². The lowest BCUT2D eigenvalue weighted by atomic mass is 10.1. The van der Waals surface area contributed by atoms with Crippen LogP contribution in [0.15, 0.2) is 18.2 Å². The molecule has 1 aliphatic rings. The summed E-state index contributed by atoms with van der Waals surface area (Å²) in [6.45, 7) is 9.91. The van der Waals surface area contributed by atoms with Gasteiger partial charge in [-0.05, 0) is 45.6 Å². The molecule has 1 saturated carbocycles. The summed E-state index contributed by atoms with van der Waals surface area (Å²) in [6, 6.07) is 5.60. The maximum Gasteiger partial charge on any atom is 0.308 e. The van der Waals surface area contributed by atoms with Crippen molar-refractivity contribution in [3.05, 3.63) is 23.8 Å². The van der Waals surface area contributed by atoms with Crippen molar-refractivity contribution in [2.45, 2.75) is 47.1 Å². The van der Waals surface area contributed by atoms with Gasteiger partial charge in [0.1, 0.15) is 5.75 Å². The molecule has 0 unspecified atom stereocenters. The highest BCUT2D eigenvalue weighted by molar-refractivity contribution is 7.87. The minimum Gasteiger partial charge on any atom is -0.382 e. The topological polar surface area (TPSA) is 66.9 Å². The van der Waals surface area contributed by atoms with E-state index >= 15 is 0 Å². The summed E-state index contributed by atoms with van der Waals surface area (Å²) < 4.78 is 29.4. The van der Waals surface area contributed by atoms with Crippen LogP contribution in [0.5, 0.6) is 5.75 Å². The van der Waals surface area contributed by atoms with Gasteiger partial charge in [0, 0.05) is 50.4 Å². The molecule has 0 saturated heterocycles. The first-order chi connectivity index (χ1) is 12.3. The van der Waals surface area contributed by atoms with Crippen LogP contribution in [-0.4, -0.2) is 44.6 Å². The monoisotopic (exact) mass is 382 g/mol. The summed E-state index contributed by atoms with van der Waals surface area (Å²) in [5.74, 6) is 0.783. The average Bonchev–Trinajstić information content (AvgIpc) is 3.41. The highest BCUT2D eigenvalue weighted by Gasteiger charge is 2.26. The van der Waals surface area contributed by atoms with Gasteiger partial charge in [0.2, 0.25) is 5.91 Å². The quantitative estimate of drug-likeness (QED) is 0.582. The maximum absolute atomic E-state index is 12.0. The molecule has 0 atom stereocenters. The van der Waals surface area contributed by atoms with Crippen LogP contribution < -0.4 is 9.08 Å². The van der Waals surface area contributed by atoms with Crippen LogP contribution >= 0.6 is 0 Å². The van der Waals surface area contributed by atoms with E-state index in [2.05, 4.69) is 4.90 Å². The molecule has 6 nitrogen and oxygen atoms in total. The van der Waals surface area contributed by atoms with Gasteiger partial charge in [-0.25, -0.2) is 0 Å². The molecule has 0 N–H and O–H groups in total. The van der Waals surface area contributed by atoms with Gasteiger partial charge in [-0.1, -0.05) is 6.07 Å². The first-order valence-electron chi connectivity index (χ1n) is 9.35. The second-order valence-corrected chi connectivity index (χ2v) is 8.60. The molecule has 0 radical (unpaired) electrons. The van der Waals surface area contributed by atoms with Gasteiger partial charge in [-0.2, -0.15) is 8.42 Å². The van der Waals surface area contributed by atoms with Crippen molar-refractivity contribution in [1.29, 1.82) is 0 Å². The predicted octanol–water partition coefficient (Wildman–Crippen LogP) is 3.02. The van der Waals surface area contributed by atoms with E-state index < -0.39 is 10.1 Å². The van der Waals surface area contributed by atoms with Crippen molar-refractivity contribution in [3.63, 3.8) is 0 Å². The van der Waals surface area contributed by atoms with Crippen LogP contribution in [0.2, 0.25) is 0 Å². The number of carbonyl (C=O) groups is 1. The zero-order chi connectivity index (χ0) is 19.3. The molecule has 2 rings (SSSR count). The van der Waals surface area contributed by atoms with Gasteiger partial charge in [-0.3, -0.25) is 4.79 Å². The summed E-state index contributed by atoms with van der Waals surface area (Å²) in [4.78, 5) is 15.9. The Bertz CT molecular complexity index is 725. The first-order valence-corrected chi connectivity index (χ1v) is 10.9. The minimum absolute atomic E-state index is 0.00554. The van der Waals surface area contributed by atoms with E-state index in [0.717, 1.165) is 31.6 Å². The number of nitrogens with zero attached hydrogens (tertiary/aromatic N) is 2. The van der Waals surface area contributed by atoms with E-state index in [0.29, 0.717) is 30.3 Å². The predicted molar refractivity (Wildman–Crippen MR) is 104 cm³/mol. The van der Waals surface area contributed by atoms with Crippen LogP contribution in [-0.2, 0) is 21.5 Å². The van der Waals surface area contributed by atoms with Gasteiger partial charge >= 0.3 is 10.1 Å². The molecule has 0 aliphatic heterocycles. The Labute approximate surface area is 157 Å². The molecule has 0 spiro atoms. The van der Waals surface area contributed by atoms with Crippen molar-refractivity contribution in [2.75, 3.05) is 30.3 Å². The molecular formula is C19H30N2O4S. The molecule has 1 amide bonds. The van der Waals surface area contributed by atoms with Crippen molar-refractivity contribution < 1.29 is 17.4 Å². The van der Waals surface area contributed by atoms with Crippen LogP contribution in [0, 0.1) is 5.92 Å². The van der Waals surface area contributed by atoms with E-state index in [1.54, 1.807) is 24.8 Å². The third-order valence-corrected chi connectivity index (χ3v) is 5.87. The maximum atomic E-state index is 12.0. The number of hydrogen-bond acceptors (Lipinski definition) is 5. The Hall–Kier alpha value is -1.76. The molecular weight excluding hydrogens is 352 g/mol. The molecule has 1 aliphatic carbocycles. The van der Waals surface area contributed by atoms with Crippen molar-refractivity contribution in [3.8, 4) is 5.75 Å². The zero-order valence-corrected chi connectivity index (χ0v) is 17.0. The fourth-order valence-electron chi connectivity index (χ4n) is 2.85. The Kier molecular flexibility index (Phi) is 6.92. The molecule has 1 fully saturated rings. The summed E-state index contributed by atoms with van der Waals surface area (Å²) in [7, 11) is -3.64. The molecule has 0 aromatic heterocycles. The zero-order valence-electron chi connectivity index (χ0n) is 16.2. The van der Waals surface area contributed by atoms with Crippen LogP contribution in [0.3, 0.4) is 0 Å². The number of benzene rings is 1. The summed E-state index contributed by atoms with van der Waals surface area (Å²) in [6.07, 6.45) is 2.30. The van der Waals surface area contributed by atoms with Gasteiger partial charge < -0.3 is 14.0 Å². The van der Waals surface area contributed by atoms with Crippen molar-refractivity contribution in [1.82, 2.24) is 4.90 Å². The van der Waals surface area contributed by atoms with E-state index in [-0.39, 0.29) is 11.7 Å². The lowest BCUT2D eigenvalue weighted by Gasteiger charge is -2.25. The molecule has 1 aromatic rings. The average molecular weight is 383 g/mol. The number of hydrogen-bond donors (Lipinski definition) is 0. The Morgan fingerprint density at radius 2 is 1.85 bits per heavy atom. The van der Waals surface area contributed by atoms with E-state index in [4.69, 9.17) is 4.18 Å². The molecule has 146 valence electrons. The number of anilines is 1. The highest BCUT2D eigenvalue weighted by atomic mass is 32.2. The van der Waals surface area contributed by atoms with Gasteiger partial charge in [0.25, 0.3) is 0 Å².